The van der Waals surface area contributed by atoms with Gasteiger partial charge in [0.25, 0.3) is 0 Å². The molecular formula is C24H30N4O2. The van der Waals surface area contributed by atoms with Crippen LogP contribution in [-0.2, 0) is 6.54 Å². The first-order chi connectivity index (χ1) is 14.5. The molecule has 2 aromatic heterocycles. The van der Waals surface area contributed by atoms with Gasteiger partial charge in [-0.2, -0.15) is 0 Å². The number of benzene rings is 1. The zero-order valence-electron chi connectivity index (χ0n) is 18.0. The standard InChI is InChI=1S/C24H30N4O2/c1-15-10-25-20(16(2)24(15)30-3)13-27-11-17-8-22(23(29)9-18(17)12-27)28-14-26-19-6-4-5-7-21(19)28/h4-7,10,14,17-18,22-23,29H,8-9,11-13H2,1-3H3/t17-,18+,22-,23-/m1/s1. The van der Waals surface area contributed by atoms with Crippen molar-refractivity contribution in [3.63, 3.8) is 0 Å². The van der Waals surface area contributed by atoms with Gasteiger partial charge in [0.15, 0.2) is 0 Å². The van der Waals surface area contributed by atoms with Gasteiger partial charge in [0, 0.05) is 37.0 Å². The Labute approximate surface area is 177 Å². The molecule has 0 bridgehead atoms. The highest BCUT2D eigenvalue weighted by Gasteiger charge is 2.42. The first-order valence-corrected chi connectivity index (χ1v) is 10.9. The Morgan fingerprint density at radius 1 is 1.10 bits per heavy atom. The van der Waals surface area contributed by atoms with E-state index in [-0.39, 0.29) is 12.1 Å². The Hall–Kier alpha value is -2.44. The summed E-state index contributed by atoms with van der Waals surface area (Å²) >= 11 is 0. The number of para-hydroxylation sites is 2. The maximum atomic E-state index is 11.0. The Morgan fingerprint density at radius 3 is 2.67 bits per heavy atom. The fraction of sp³-hybridized carbons (Fsp3) is 0.500. The molecule has 0 radical (unpaired) electrons. The maximum Gasteiger partial charge on any atom is 0.128 e. The van der Waals surface area contributed by atoms with Crippen LogP contribution in [0.5, 0.6) is 5.75 Å². The number of rotatable bonds is 4. The SMILES string of the molecule is COc1c(C)cnc(CN2C[C@H]3C[C@@H](n4cnc5ccccc54)[C@H](O)C[C@H]3C2)c1C. The highest BCUT2D eigenvalue weighted by Crippen LogP contribution is 2.42. The van der Waals surface area contributed by atoms with Gasteiger partial charge < -0.3 is 14.4 Å². The summed E-state index contributed by atoms with van der Waals surface area (Å²) in [7, 11) is 1.73. The zero-order chi connectivity index (χ0) is 20.8. The number of aromatic nitrogens is 3. The molecule has 0 unspecified atom stereocenters. The molecule has 0 amide bonds. The second kappa shape index (κ2) is 7.67. The minimum atomic E-state index is -0.330. The third-order valence-corrected chi connectivity index (χ3v) is 7.15. The lowest BCUT2D eigenvalue weighted by Gasteiger charge is -2.36. The van der Waals surface area contributed by atoms with Gasteiger partial charge >= 0.3 is 0 Å². The number of aliphatic hydroxyl groups excluding tert-OH is 1. The van der Waals surface area contributed by atoms with E-state index in [2.05, 4.69) is 32.4 Å². The number of aliphatic hydroxyl groups is 1. The minimum Gasteiger partial charge on any atom is -0.496 e. The van der Waals surface area contributed by atoms with E-state index in [1.807, 2.05) is 37.6 Å². The number of imidazole rings is 1. The normalized spacial score (nSPS) is 26.8. The maximum absolute atomic E-state index is 11.0. The van der Waals surface area contributed by atoms with E-state index < -0.39 is 0 Å². The largest absolute Gasteiger partial charge is 0.496 e. The van der Waals surface area contributed by atoms with Crippen molar-refractivity contribution in [1.29, 1.82) is 0 Å². The van der Waals surface area contributed by atoms with Crippen molar-refractivity contribution in [2.45, 2.75) is 45.4 Å². The number of likely N-dealkylation sites (tertiary alicyclic amines) is 1. The highest BCUT2D eigenvalue weighted by molar-refractivity contribution is 5.75. The molecule has 1 N–H and O–H groups in total. The quantitative estimate of drug-likeness (QED) is 0.718. The fourth-order valence-electron chi connectivity index (χ4n) is 5.62. The van der Waals surface area contributed by atoms with Crippen molar-refractivity contribution in [1.82, 2.24) is 19.4 Å². The van der Waals surface area contributed by atoms with Gasteiger partial charge in [-0.05, 0) is 50.7 Å². The van der Waals surface area contributed by atoms with Crippen LogP contribution >= 0.6 is 0 Å². The molecule has 3 aromatic rings. The molecular weight excluding hydrogens is 376 g/mol. The van der Waals surface area contributed by atoms with E-state index in [0.29, 0.717) is 11.8 Å². The molecule has 2 fully saturated rings. The van der Waals surface area contributed by atoms with E-state index in [4.69, 9.17) is 4.74 Å². The number of aryl methyl sites for hydroxylation is 1. The molecule has 1 aliphatic heterocycles. The van der Waals surface area contributed by atoms with Crippen molar-refractivity contribution in [3.05, 3.63) is 53.6 Å². The number of methoxy groups -OCH3 is 1. The van der Waals surface area contributed by atoms with Crippen molar-refractivity contribution in [2.75, 3.05) is 20.2 Å². The lowest BCUT2D eigenvalue weighted by molar-refractivity contribution is 0.0374. The lowest BCUT2D eigenvalue weighted by atomic mass is 9.77. The third kappa shape index (κ3) is 3.28. The first kappa shape index (κ1) is 19.5. The molecule has 4 atom stereocenters. The van der Waals surface area contributed by atoms with Gasteiger partial charge in [-0.15, -0.1) is 0 Å². The van der Waals surface area contributed by atoms with Gasteiger partial charge in [0.1, 0.15) is 5.75 Å². The van der Waals surface area contributed by atoms with E-state index in [9.17, 15) is 5.11 Å². The molecule has 30 heavy (non-hydrogen) atoms. The van der Waals surface area contributed by atoms with E-state index in [0.717, 1.165) is 66.1 Å². The topological polar surface area (TPSA) is 63.4 Å². The number of fused-ring (bicyclic) bond motifs is 2. The summed E-state index contributed by atoms with van der Waals surface area (Å²) in [5.41, 5.74) is 5.41. The lowest BCUT2D eigenvalue weighted by Crippen LogP contribution is -2.36. The van der Waals surface area contributed by atoms with Crippen molar-refractivity contribution >= 4 is 11.0 Å². The van der Waals surface area contributed by atoms with E-state index in [1.165, 1.54) is 0 Å². The Bertz CT molecular complexity index is 1060. The molecule has 1 aromatic carbocycles. The minimum absolute atomic E-state index is 0.0953. The molecule has 5 rings (SSSR count). The molecule has 6 heteroatoms. The van der Waals surface area contributed by atoms with Crippen LogP contribution in [0.2, 0.25) is 0 Å². The van der Waals surface area contributed by atoms with Crippen LogP contribution < -0.4 is 4.74 Å². The van der Waals surface area contributed by atoms with Crippen molar-refractivity contribution in [3.8, 4) is 5.75 Å². The third-order valence-electron chi connectivity index (χ3n) is 7.15. The first-order valence-electron chi connectivity index (χ1n) is 10.9. The second-order valence-electron chi connectivity index (χ2n) is 9.01. The molecule has 158 valence electrons. The summed E-state index contributed by atoms with van der Waals surface area (Å²) in [5, 5.41) is 11.0. The molecule has 2 aliphatic rings. The van der Waals surface area contributed by atoms with Crippen LogP contribution in [0, 0.1) is 25.7 Å². The monoisotopic (exact) mass is 406 g/mol. The number of nitrogens with zero attached hydrogens (tertiary/aromatic N) is 4. The van der Waals surface area contributed by atoms with Crippen molar-refractivity contribution in [2.24, 2.45) is 11.8 Å². The molecule has 6 nitrogen and oxygen atoms in total. The van der Waals surface area contributed by atoms with Crippen molar-refractivity contribution < 1.29 is 9.84 Å². The molecule has 1 saturated heterocycles. The summed E-state index contributed by atoms with van der Waals surface area (Å²) < 4.78 is 7.77. The second-order valence-corrected chi connectivity index (χ2v) is 9.01. The van der Waals surface area contributed by atoms with Gasteiger partial charge in [-0.3, -0.25) is 9.88 Å². The van der Waals surface area contributed by atoms with Gasteiger partial charge in [-0.1, -0.05) is 12.1 Å². The fourth-order valence-corrected chi connectivity index (χ4v) is 5.62. The molecule has 3 heterocycles. The summed E-state index contributed by atoms with van der Waals surface area (Å²) in [6, 6.07) is 8.28. The average Bonchev–Trinajstić information content (AvgIpc) is 3.33. The van der Waals surface area contributed by atoms with Crippen LogP contribution in [0.4, 0.5) is 0 Å². The van der Waals surface area contributed by atoms with Gasteiger partial charge in [0.05, 0.1) is 42.3 Å². The van der Waals surface area contributed by atoms with Crippen LogP contribution in [0.25, 0.3) is 11.0 Å². The van der Waals surface area contributed by atoms with Crippen LogP contribution in [0.15, 0.2) is 36.8 Å². The van der Waals surface area contributed by atoms with Gasteiger partial charge in [0.2, 0.25) is 0 Å². The van der Waals surface area contributed by atoms with E-state index in [1.54, 1.807) is 7.11 Å². The highest BCUT2D eigenvalue weighted by atomic mass is 16.5. The zero-order valence-corrected chi connectivity index (χ0v) is 18.0. The summed E-state index contributed by atoms with van der Waals surface area (Å²) in [6.45, 7) is 7.05. The summed E-state index contributed by atoms with van der Waals surface area (Å²) in [4.78, 5) is 11.7. The Balaban J connectivity index is 1.33. The summed E-state index contributed by atoms with van der Waals surface area (Å²) in [6.07, 6.45) is 5.32. The average molecular weight is 407 g/mol. The number of ether oxygens (including phenoxy) is 1. The molecule has 1 saturated carbocycles. The molecule has 1 aliphatic carbocycles. The number of pyridine rings is 1. The number of hydrogen-bond acceptors (Lipinski definition) is 5. The van der Waals surface area contributed by atoms with Crippen LogP contribution in [0.1, 0.15) is 35.7 Å². The number of hydrogen-bond donors (Lipinski definition) is 1. The Morgan fingerprint density at radius 2 is 1.87 bits per heavy atom. The predicted octanol–water partition coefficient (Wildman–Crippen LogP) is 3.50. The smallest absolute Gasteiger partial charge is 0.128 e. The molecule has 0 spiro atoms. The van der Waals surface area contributed by atoms with E-state index >= 15 is 0 Å². The van der Waals surface area contributed by atoms with Gasteiger partial charge in [-0.25, -0.2) is 4.98 Å². The van der Waals surface area contributed by atoms with Crippen LogP contribution in [0.3, 0.4) is 0 Å². The van der Waals surface area contributed by atoms with Crippen LogP contribution in [-0.4, -0.2) is 50.8 Å². The predicted molar refractivity (Wildman–Crippen MR) is 117 cm³/mol. The summed E-state index contributed by atoms with van der Waals surface area (Å²) in [5.74, 6) is 2.07. The Kier molecular flexibility index (Phi) is 4.99.